The highest BCUT2D eigenvalue weighted by Crippen LogP contribution is 2.43. The Hall–Kier alpha value is -2.06. The normalized spacial score (nSPS) is 15.4. The van der Waals surface area contributed by atoms with Gasteiger partial charge in [-0.2, -0.15) is 0 Å². The molecule has 0 rings (SSSR count). The third-order valence-electron chi connectivity index (χ3n) is 7.97. The van der Waals surface area contributed by atoms with Gasteiger partial charge in [0, 0.05) is 6.42 Å². The maximum absolute atomic E-state index is 12.7. The summed E-state index contributed by atoms with van der Waals surface area (Å²) < 4.78 is 23.2. The van der Waals surface area contributed by atoms with Crippen LogP contribution in [0.5, 0.6) is 0 Å². The van der Waals surface area contributed by atoms with Crippen LogP contribution in [0.4, 0.5) is 0 Å². The molecule has 1 amide bonds. The van der Waals surface area contributed by atoms with Crippen molar-refractivity contribution in [3.63, 3.8) is 0 Å². The van der Waals surface area contributed by atoms with Crippen molar-refractivity contribution in [2.75, 3.05) is 40.9 Å². The highest BCUT2D eigenvalue weighted by molar-refractivity contribution is 7.47. The Balaban J connectivity index is 4.08. The van der Waals surface area contributed by atoms with Crippen molar-refractivity contribution in [3.05, 3.63) is 72.9 Å². The lowest BCUT2D eigenvalue weighted by Crippen LogP contribution is -2.46. The zero-order valence-corrected chi connectivity index (χ0v) is 33.2. The van der Waals surface area contributed by atoms with E-state index in [-0.39, 0.29) is 19.1 Å². The summed E-state index contributed by atoms with van der Waals surface area (Å²) in [5, 5.41) is 13.5. The first kappa shape index (κ1) is 47.9. The molecular weight excluding hydrogens is 647 g/mol. The van der Waals surface area contributed by atoms with Gasteiger partial charge in [-0.05, 0) is 64.2 Å². The third-order valence-corrected chi connectivity index (χ3v) is 8.95. The Bertz CT molecular complexity index is 1040. The number of phosphoric acid groups is 1. The molecule has 3 atom stereocenters. The summed E-state index contributed by atoms with van der Waals surface area (Å²) in [4.78, 5) is 22.8. The average molecular weight is 722 g/mol. The van der Waals surface area contributed by atoms with Gasteiger partial charge in [0.05, 0.1) is 39.9 Å². The number of nitrogens with one attached hydrogen (secondary N) is 1. The Morgan fingerprint density at radius 1 is 0.700 bits per heavy atom. The number of rotatable bonds is 33. The quantitative estimate of drug-likeness (QED) is 0.0270. The van der Waals surface area contributed by atoms with Crippen LogP contribution < -0.4 is 5.32 Å². The molecule has 0 aromatic heterocycles. The van der Waals surface area contributed by atoms with Crippen LogP contribution >= 0.6 is 7.82 Å². The molecule has 0 fully saturated rings. The first-order valence-corrected chi connectivity index (χ1v) is 20.8. The average Bonchev–Trinajstić information content (AvgIpc) is 3.06. The van der Waals surface area contributed by atoms with Gasteiger partial charge < -0.3 is 19.8 Å². The van der Waals surface area contributed by atoms with Crippen molar-refractivity contribution in [1.82, 2.24) is 5.32 Å². The maximum atomic E-state index is 12.7. The molecular formula is C41H74N2O6P+. The van der Waals surface area contributed by atoms with E-state index in [0.717, 1.165) is 89.9 Å². The molecule has 3 unspecified atom stereocenters. The van der Waals surface area contributed by atoms with Gasteiger partial charge in [-0.25, -0.2) is 4.57 Å². The smallest absolute Gasteiger partial charge is 0.391 e. The summed E-state index contributed by atoms with van der Waals surface area (Å²) in [5.41, 5.74) is 0. The summed E-state index contributed by atoms with van der Waals surface area (Å²) in [5.74, 6) is -0.176. The number of carbonyl (C=O) groups excluding carboxylic acids is 1. The summed E-state index contributed by atoms with van der Waals surface area (Å²) in [6.07, 6.45) is 42.9. The number of nitrogens with zero attached hydrogens (tertiary/aromatic N) is 1. The first-order valence-electron chi connectivity index (χ1n) is 19.3. The predicted molar refractivity (Wildman–Crippen MR) is 212 cm³/mol. The molecule has 0 heterocycles. The van der Waals surface area contributed by atoms with Crippen molar-refractivity contribution in [1.29, 1.82) is 0 Å². The fraction of sp³-hybridized carbons (Fsp3) is 0.683. The van der Waals surface area contributed by atoms with Crippen molar-refractivity contribution in [3.8, 4) is 0 Å². The summed E-state index contributed by atoms with van der Waals surface area (Å²) in [6.45, 7) is 4.56. The Morgan fingerprint density at radius 2 is 1.20 bits per heavy atom. The van der Waals surface area contributed by atoms with Crippen molar-refractivity contribution in [2.24, 2.45) is 0 Å². The Labute approximate surface area is 306 Å². The van der Waals surface area contributed by atoms with Crippen LogP contribution in [0.1, 0.15) is 129 Å². The van der Waals surface area contributed by atoms with Crippen LogP contribution in [-0.4, -0.2) is 73.4 Å². The number of phosphoric ester groups is 1. The molecule has 0 aromatic rings. The second-order valence-corrected chi connectivity index (χ2v) is 15.4. The number of likely N-dealkylation sites (N-methyl/N-ethyl adjacent to an activating group) is 1. The number of carbonyl (C=O) groups is 1. The van der Waals surface area contributed by atoms with Crippen molar-refractivity contribution >= 4 is 13.7 Å². The van der Waals surface area contributed by atoms with Gasteiger partial charge in [0.2, 0.25) is 5.91 Å². The third kappa shape index (κ3) is 34.4. The van der Waals surface area contributed by atoms with E-state index in [9.17, 15) is 19.4 Å². The molecule has 3 N–H and O–H groups in total. The standard InChI is InChI=1S/C41H73N2O6P/c1-6-8-10-11-12-13-14-15-16-17-18-19-20-21-22-23-24-25-26-27-28-29-30-31-33-35-41(45)42-39(40(44)34-32-9-7-2)38-49-50(46,47)48-37-36-43(3,4)5/h8,10,12-13,15-16,18-19,21-22,24-25,39-40,44H,6-7,9,11,14,17,20,23,26-38H2,1-5H3,(H-,42,45,46,47)/p+1/b10-8-,13-12-,16-15-,19-18-,22-21-,25-24-. The number of aliphatic hydroxyl groups excluding tert-OH is 1. The fourth-order valence-corrected chi connectivity index (χ4v) is 5.60. The molecule has 0 spiro atoms. The minimum atomic E-state index is -4.29. The number of amides is 1. The molecule has 0 saturated carbocycles. The second-order valence-electron chi connectivity index (χ2n) is 13.9. The zero-order valence-electron chi connectivity index (χ0n) is 32.4. The van der Waals surface area contributed by atoms with E-state index in [1.165, 1.54) is 12.8 Å². The molecule has 288 valence electrons. The van der Waals surface area contributed by atoms with E-state index >= 15 is 0 Å². The van der Waals surface area contributed by atoms with E-state index in [0.29, 0.717) is 23.9 Å². The van der Waals surface area contributed by atoms with Crippen LogP contribution in [0.25, 0.3) is 0 Å². The Kier molecular flexibility index (Phi) is 31.5. The van der Waals surface area contributed by atoms with Gasteiger partial charge in [-0.3, -0.25) is 13.8 Å². The molecule has 0 bridgehead atoms. The molecule has 0 aliphatic heterocycles. The monoisotopic (exact) mass is 722 g/mol. The Morgan fingerprint density at radius 3 is 1.72 bits per heavy atom. The van der Waals surface area contributed by atoms with Crippen LogP contribution in [0, 0.1) is 0 Å². The van der Waals surface area contributed by atoms with Gasteiger partial charge in [0.1, 0.15) is 13.2 Å². The van der Waals surface area contributed by atoms with Gasteiger partial charge in [-0.1, -0.05) is 132 Å². The van der Waals surface area contributed by atoms with E-state index in [1.54, 1.807) is 0 Å². The summed E-state index contributed by atoms with van der Waals surface area (Å²) in [7, 11) is 1.58. The lowest BCUT2D eigenvalue weighted by molar-refractivity contribution is -0.870. The first-order chi connectivity index (χ1) is 24.0. The van der Waals surface area contributed by atoms with Gasteiger partial charge >= 0.3 is 7.82 Å². The molecule has 0 aliphatic rings. The van der Waals surface area contributed by atoms with E-state index < -0.39 is 20.0 Å². The molecule has 0 aromatic carbocycles. The number of quaternary nitrogens is 1. The summed E-state index contributed by atoms with van der Waals surface area (Å²) in [6, 6.07) is -0.768. The molecule has 9 heteroatoms. The van der Waals surface area contributed by atoms with E-state index in [1.807, 2.05) is 21.1 Å². The predicted octanol–water partition coefficient (Wildman–Crippen LogP) is 10.1. The van der Waals surface area contributed by atoms with Crippen molar-refractivity contribution < 1.29 is 32.9 Å². The van der Waals surface area contributed by atoms with E-state index in [2.05, 4.69) is 92.1 Å². The molecule has 0 saturated heterocycles. The topological polar surface area (TPSA) is 105 Å². The SMILES string of the molecule is CC/C=C\C/C=C\C/C=C\C/C=C\C/C=C\C/C=C\CCCCCCCCC(=O)NC(COP(=O)(O)OCC[N+](C)(C)C)C(O)CCCCC. The van der Waals surface area contributed by atoms with Gasteiger partial charge in [0.15, 0.2) is 0 Å². The van der Waals surface area contributed by atoms with Crippen molar-refractivity contribution in [2.45, 2.75) is 142 Å². The summed E-state index contributed by atoms with van der Waals surface area (Å²) >= 11 is 0. The lowest BCUT2D eigenvalue weighted by Gasteiger charge is -2.26. The van der Waals surface area contributed by atoms with Crippen LogP contribution in [-0.2, 0) is 18.4 Å². The highest BCUT2D eigenvalue weighted by Gasteiger charge is 2.28. The fourth-order valence-electron chi connectivity index (χ4n) is 4.87. The minimum absolute atomic E-state index is 0.0653. The van der Waals surface area contributed by atoms with Crippen LogP contribution in [0.3, 0.4) is 0 Å². The minimum Gasteiger partial charge on any atom is -0.391 e. The number of hydrogen-bond donors (Lipinski definition) is 3. The van der Waals surface area contributed by atoms with Crippen LogP contribution in [0.15, 0.2) is 72.9 Å². The number of unbranched alkanes of at least 4 members (excludes halogenated alkanes) is 8. The largest absolute Gasteiger partial charge is 0.472 e. The molecule has 50 heavy (non-hydrogen) atoms. The zero-order chi connectivity index (χ0) is 37.2. The highest BCUT2D eigenvalue weighted by atomic mass is 31.2. The van der Waals surface area contributed by atoms with Gasteiger partial charge in [0.25, 0.3) is 0 Å². The number of hydrogen-bond acceptors (Lipinski definition) is 5. The maximum Gasteiger partial charge on any atom is 0.472 e. The molecule has 0 aliphatic carbocycles. The number of aliphatic hydroxyl groups is 1. The van der Waals surface area contributed by atoms with Crippen LogP contribution in [0.2, 0.25) is 0 Å². The van der Waals surface area contributed by atoms with Gasteiger partial charge in [-0.15, -0.1) is 0 Å². The molecule has 0 radical (unpaired) electrons. The second kappa shape index (κ2) is 32.8. The number of allylic oxidation sites excluding steroid dienone is 12. The lowest BCUT2D eigenvalue weighted by atomic mass is 10.0. The molecule has 8 nitrogen and oxygen atoms in total. The van der Waals surface area contributed by atoms with E-state index in [4.69, 9.17) is 9.05 Å².